The second kappa shape index (κ2) is 7.23. The van der Waals surface area contributed by atoms with E-state index in [1.54, 1.807) is 17.2 Å². The number of carbonyl (C=O) groups is 1. The van der Waals surface area contributed by atoms with E-state index < -0.39 is 5.97 Å². The molecule has 1 saturated heterocycles. The van der Waals surface area contributed by atoms with Crippen molar-refractivity contribution in [1.82, 2.24) is 14.5 Å². The van der Waals surface area contributed by atoms with Gasteiger partial charge in [0.2, 0.25) is 0 Å². The van der Waals surface area contributed by atoms with Crippen LogP contribution < -0.4 is 0 Å². The minimum Gasteiger partial charge on any atom is -0.477 e. The normalized spacial score (nSPS) is 23.1. The van der Waals surface area contributed by atoms with Gasteiger partial charge >= 0.3 is 5.97 Å². The molecule has 1 aromatic carbocycles. The number of nitrogens with zero attached hydrogens (tertiary/aromatic N) is 3. The molecule has 1 N–H and O–H groups in total. The Morgan fingerprint density at radius 3 is 2.92 bits per heavy atom. The van der Waals surface area contributed by atoms with Gasteiger partial charge < -0.3 is 9.67 Å². The molecule has 0 radical (unpaired) electrons. The molecule has 2 heterocycles. The fourth-order valence-electron chi connectivity index (χ4n) is 4.77. The molecule has 1 aliphatic heterocycles. The Labute approximate surface area is 154 Å². The first-order chi connectivity index (χ1) is 12.6. The van der Waals surface area contributed by atoms with Crippen LogP contribution in [-0.4, -0.2) is 38.1 Å². The fourth-order valence-corrected chi connectivity index (χ4v) is 4.77. The number of carboxylic acids is 1. The molecule has 1 aliphatic carbocycles. The van der Waals surface area contributed by atoms with E-state index in [0.717, 1.165) is 18.9 Å². The standard InChI is InChI=1S/C21H27N3O2/c1-23-19(21(25)26)13-22-20(23)14-24-11-5-9-17(24)12-16-8-4-7-15-6-2-3-10-18(15)16/h2-3,6,10,13,16-17H,4-5,7-9,11-12,14H2,1H3,(H,25,26). The maximum Gasteiger partial charge on any atom is 0.354 e. The molecule has 4 rings (SSSR count). The van der Waals surface area contributed by atoms with Gasteiger partial charge in [-0.2, -0.15) is 0 Å². The summed E-state index contributed by atoms with van der Waals surface area (Å²) in [6.07, 6.45) is 8.91. The van der Waals surface area contributed by atoms with Crippen LogP contribution >= 0.6 is 0 Å². The Morgan fingerprint density at radius 1 is 1.27 bits per heavy atom. The second-order valence-electron chi connectivity index (χ2n) is 7.71. The predicted molar refractivity (Wildman–Crippen MR) is 100 cm³/mol. The first-order valence-electron chi connectivity index (χ1n) is 9.69. The zero-order chi connectivity index (χ0) is 18.1. The van der Waals surface area contributed by atoms with E-state index in [1.807, 2.05) is 0 Å². The van der Waals surface area contributed by atoms with Gasteiger partial charge in [-0.05, 0) is 62.1 Å². The Kier molecular flexibility index (Phi) is 4.81. The van der Waals surface area contributed by atoms with Crippen LogP contribution in [0.1, 0.15) is 65.5 Å². The molecule has 0 bridgehead atoms. The van der Waals surface area contributed by atoms with Crippen molar-refractivity contribution in [2.75, 3.05) is 6.54 Å². The van der Waals surface area contributed by atoms with Gasteiger partial charge in [0.15, 0.2) is 0 Å². The quantitative estimate of drug-likeness (QED) is 0.892. The number of aromatic nitrogens is 2. The summed E-state index contributed by atoms with van der Waals surface area (Å²) < 4.78 is 1.72. The van der Waals surface area contributed by atoms with E-state index >= 15 is 0 Å². The molecular formula is C21H27N3O2. The number of carboxylic acid groups (broad SMARTS) is 1. The third-order valence-electron chi connectivity index (χ3n) is 6.20. The van der Waals surface area contributed by atoms with Crippen molar-refractivity contribution in [3.8, 4) is 0 Å². The first kappa shape index (κ1) is 17.3. The Morgan fingerprint density at radius 2 is 2.12 bits per heavy atom. The third-order valence-corrected chi connectivity index (χ3v) is 6.20. The van der Waals surface area contributed by atoms with Gasteiger partial charge in [0.1, 0.15) is 11.5 Å². The number of rotatable bonds is 5. The van der Waals surface area contributed by atoms with E-state index in [4.69, 9.17) is 0 Å². The van der Waals surface area contributed by atoms with Crippen molar-refractivity contribution in [2.24, 2.45) is 7.05 Å². The molecule has 2 aromatic rings. The lowest BCUT2D eigenvalue weighted by Crippen LogP contribution is -2.32. The lowest BCUT2D eigenvalue weighted by molar-refractivity contribution is 0.0685. The molecule has 1 fully saturated rings. The molecule has 26 heavy (non-hydrogen) atoms. The van der Waals surface area contributed by atoms with Crippen molar-refractivity contribution in [1.29, 1.82) is 0 Å². The maximum absolute atomic E-state index is 11.2. The monoisotopic (exact) mass is 353 g/mol. The summed E-state index contributed by atoms with van der Waals surface area (Å²) in [7, 11) is 1.80. The van der Waals surface area contributed by atoms with E-state index in [2.05, 4.69) is 34.1 Å². The van der Waals surface area contributed by atoms with Crippen molar-refractivity contribution in [2.45, 2.75) is 57.0 Å². The van der Waals surface area contributed by atoms with Crippen LogP contribution in [0.5, 0.6) is 0 Å². The number of imidazole rings is 1. The minimum absolute atomic E-state index is 0.261. The van der Waals surface area contributed by atoms with Gasteiger partial charge in [0.05, 0.1) is 12.7 Å². The highest BCUT2D eigenvalue weighted by molar-refractivity contribution is 5.85. The summed E-state index contributed by atoms with van der Waals surface area (Å²) in [6.45, 7) is 1.82. The highest BCUT2D eigenvalue weighted by Gasteiger charge is 2.30. The number of aromatic carboxylic acids is 1. The average molecular weight is 353 g/mol. The van der Waals surface area contributed by atoms with Crippen LogP contribution in [0.4, 0.5) is 0 Å². The second-order valence-corrected chi connectivity index (χ2v) is 7.71. The number of hydrogen-bond acceptors (Lipinski definition) is 3. The minimum atomic E-state index is -0.914. The van der Waals surface area contributed by atoms with Gasteiger partial charge in [-0.15, -0.1) is 0 Å². The van der Waals surface area contributed by atoms with Crippen LogP contribution in [-0.2, 0) is 20.0 Å². The van der Waals surface area contributed by atoms with E-state index in [9.17, 15) is 9.90 Å². The van der Waals surface area contributed by atoms with Gasteiger partial charge in [0.25, 0.3) is 0 Å². The van der Waals surface area contributed by atoms with Crippen LogP contribution in [0.15, 0.2) is 30.5 Å². The number of benzene rings is 1. The predicted octanol–water partition coefficient (Wildman–Crippen LogP) is 3.59. The molecular weight excluding hydrogens is 326 g/mol. The highest BCUT2D eigenvalue weighted by Crippen LogP contribution is 2.37. The Balaban J connectivity index is 1.47. The summed E-state index contributed by atoms with van der Waals surface area (Å²) in [5, 5.41) is 9.23. The van der Waals surface area contributed by atoms with Crippen molar-refractivity contribution < 1.29 is 9.90 Å². The summed E-state index contributed by atoms with van der Waals surface area (Å²) >= 11 is 0. The summed E-state index contributed by atoms with van der Waals surface area (Å²) in [6, 6.07) is 9.50. The van der Waals surface area contributed by atoms with Gasteiger partial charge in [-0.1, -0.05) is 24.3 Å². The molecule has 2 unspecified atom stereocenters. The molecule has 1 aromatic heterocycles. The molecule has 5 nitrogen and oxygen atoms in total. The molecule has 2 atom stereocenters. The molecule has 138 valence electrons. The van der Waals surface area contributed by atoms with E-state index in [1.165, 1.54) is 50.3 Å². The molecule has 0 amide bonds. The maximum atomic E-state index is 11.2. The molecule has 0 spiro atoms. The zero-order valence-corrected chi connectivity index (χ0v) is 15.4. The van der Waals surface area contributed by atoms with Crippen molar-refractivity contribution in [3.05, 3.63) is 53.1 Å². The SMILES string of the molecule is Cn1c(C(=O)O)cnc1CN1CCCC1CC1CCCc2ccccc21. The molecule has 5 heteroatoms. The fraction of sp³-hybridized carbons (Fsp3) is 0.524. The van der Waals surface area contributed by atoms with Crippen LogP contribution in [0.25, 0.3) is 0 Å². The summed E-state index contributed by atoms with van der Waals surface area (Å²) in [5.41, 5.74) is 3.34. The van der Waals surface area contributed by atoms with Crippen LogP contribution in [0.2, 0.25) is 0 Å². The van der Waals surface area contributed by atoms with Gasteiger partial charge in [-0.3, -0.25) is 4.90 Å². The largest absolute Gasteiger partial charge is 0.477 e. The van der Waals surface area contributed by atoms with Crippen LogP contribution in [0, 0.1) is 0 Å². The summed E-state index contributed by atoms with van der Waals surface area (Å²) in [4.78, 5) is 18.1. The molecule has 0 saturated carbocycles. The van der Waals surface area contributed by atoms with Gasteiger partial charge in [0, 0.05) is 13.1 Å². The lowest BCUT2D eigenvalue weighted by Gasteiger charge is -2.31. The lowest BCUT2D eigenvalue weighted by atomic mass is 9.79. The number of aryl methyl sites for hydroxylation is 1. The average Bonchev–Trinajstić information content (AvgIpc) is 3.23. The molecule has 2 aliphatic rings. The van der Waals surface area contributed by atoms with Crippen molar-refractivity contribution in [3.63, 3.8) is 0 Å². The number of fused-ring (bicyclic) bond motifs is 1. The Hall–Kier alpha value is -2.14. The zero-order valence-electron chi connectivity index (χ0n) is 15.4. The highest BCUT2D eigenvalue weighted by atomic mass is 16.4. The third kappa shape index (κ3) is 3.28. The Bertz CT molecular complexity index is 798. The number of likely N-dealkylation sites (tertiary alicyclic amines) is 1. The van der Waals surface area contributed by atoms with E-state index in [-0.39, 0.29) is 5.69 Å². The smallest absolute Gasteiger partial charge is 0.354 e. The summed E-state index contributed by atoms with van der Waals surface area (Å²) in [5.74, 6) is 0.586. The van der Waals surface area contributed by atoms with E-state index in [0.29, 0.717) is 12.0 Å². The van der Waals surface area contributed by atoms with Gasteiger partial charge in [-0.25, -0.2) is 9.78 Å². The van der Waals surface area contributed by atoms with Crippen LogP contribution in [0.3, 0.4) is 0 Å². The number of hydrogen-bond donors (Lipinski definition) is 1. The van der Waals surface area contributed by atoms with Crippen molar-refractivity contribution >= 4 is 5.97 Å². The topological polar surface area (TPSA) is 58.4 Å². The first-order valence-corrected chi connectivity index (χ1v) is 9.69.